The third kappa shape index (κ3) is 1.65. The lowest BCUT2D eigenvalue weighted by molar-refractivity contribution is -0.140. The van der Waals surface area contributed by atoms with Crippen LogP contribution in [0.4, 0.5) is 0 Å². The first-order valence-electron chi connectivity index (χ1n) is 4.38. The van der Waals surface area contributed by atoms with Gasteiger partial charge in [0.15, 0.2) is 0 Å². The highest BCUT2D eigenvalue weighted by Gasteiger charge is 2.49. The molecule has 0 aromatic rings. The van der Waals surface area contributed by atoms with E-state index in [-0.39, 0.29) is 23.9 Å². The Kier molecular flexibility index (Phi) is 1.76. The van der Waals surface area contributed by atoms with Gasteiger partial charge in [-0.25, -0.2) is 0 Å². The molecular weight excluding hydrogens is 172 g/mol. The highest BCUT2D eigenvalue weighted by Crippen LogP contribution is 2.39. The predicted octanol–water partition coefficient (Wildman–Crippen LogP) is -1.08. The van der Waals surface area contributed by atoms with Crippen LogP contribution >= 0.6 is 0 Å². The Labute approximate surface area is 75.3 Å². The summed E-state index contributed by atoms with van der Waals surface area (Å²) in [6, 6.07) is 0.161. The van der Waals surface area contributed by atoms with Gasteiger partial charge in [0.2, 0.25) is 5.91 Å². The molecule has 5 heteroatoms. The van der Waals surface area contributed by atoms with Crippen LogP contribution < -0.4 is 11.1 Å². The number of carboxylic acid groups (broad SMARTS) is 1. The Bertz CT molecular complexity index is 266. The van der Waals surface area contributed by atoms with Gasteiger partial charge in [-0.05, 0) is 12.8 Å². The average Bonchev–Trinajstić information content (AvgIpc) is 2.86. The van der Waals surface area contributed by atoms with Crippen LogP contribution in [0.15, 0.2) is 0 Å². The molecule has 4 N–H and O–H groups in total. The van der Waals surface area contributed by atoms with E-state index in [1.807, 2.05) is 0 Å². The van der Waals surface area contributed by atoms with Crippen molar-refractivity contribution < 1.29 is 14.7 Å². The molecule has 0 radical (unpaired) electrons. The van der Waals surface area contributed by atoms with Gasteiger partial charge in [-0.15, -0.1) is 0 Å². The lowest BCUT2D eigenvalue weighted by atomic mass is 10.3. The summed E-state index contributed by atoms with van der Waals surface area (Å²) in [6.07, 6.45) is 1.29. The molecule has 2 fully saturated rings. The molecule has 13 heavy (non-hydrogen) atoms. The highest BCUT2D eigenvalue weighted by atomic mass is 16.4. The van der Waals surface area contributed by atoms with Crippen molar-refractivity contribution in [1.82, 2.24) is 5.32 Å². The minimum Gasteiger partial charge on any atom is -0.481 e. The van der Waals surface area contributed by atoms with Gasteiger partial charge in [-0.3, -0.25) is 9.59 Å². The second-order valence-electron chi connectivity index (χ2n) is 3.80. The fourth-order valence-electron chi connectivity index (χ4n) is 1.43. The summed E-state index contributed by atoms with van der Waals surface area (Å²) >= 11 is 0. The van der Waals surface area contributed by atoms with Crippen LogP contribution in [0.25, 0.3) is 0 Å². The zero-order valence-electron chi connectivity index (χ0n) is 7.06. The van der Waals surface area contributed by atoms with Crippen molar-refractivity contribution in [3.05, 3.63) is 0 Å². The number of carbonyl (C=O) groups excluding carboxylic acids is 1. The zero-order chi connectivity index (χ0) is 9.59. The van der Waals surface area contributed by atoms with Crippen molar-refractivity contribution in [3.63, 3.8) is 0 Å². The second-order valence-corrected chi connectivity index (χ2v) is 3.80. The summed E-state index contributed by atoms with van der Waals surface area (Å²) in [7, 11) is 0. The molecule has 0 heterocycles. The third-order valence-corrected chi connectivity index (χ3v) is 2.61. The Morgan fingerprint density at radius 1 is 1.31 bits per heavy atom. The molecule has 2 aliphatic carbocycles. The fraction of sp³-hybridized carbons (Fsp3) is 0.750. The van der Waals surface area contributed by atoms with Crippen LogP contribution in [0.1, 0.15) is 12.8 Å². The van der Waals surface area contributed by atoms with E-state index in [0.29, 0.717) is 6.42 Å². The van der Waals surface area contributed by atoms with Gasteiger partial charge in [-0.1, -0.05) is 0 Å². The molecule has 4 unspecified atom stereocenters. The van der Waals surface area contributed by atoms with E-state index in [0.717, 1.165) is 6.42 Å². The topological polar surface area (TPSA) is 92.4 Å². The van der Waals surface area contributed by atoms with Crippen LogP contribution in [-0.4, -0.2) is 29.1 Å². The summed E-state index contributed by atoms with van der Waals surface area (Å²) in [5, 5.41) is 11.3. The number of hydrogen-bond donors (Lipinski definition) is 3. The molecule has 4 atom stereocenters. The molecule has 2 aliphatic rings. The molecule has 5 nitrogen and oxygen atoms in total. The number of nitrogens with two attached hydrogens (primary N) is 1. The predicted molar refractivity (Wildman–Crippen MR) is 43.8 cm³/mol. The van der Waals surface area contributed by atoms with Gasteiger partial charge in [0.1, 0.15) is 0 Å². The van der Waals surface area contributed by atoms with E-state index in [4.69, 9.17) is 10.8 Å². The van der Waals surface area contributed by atoms with Gasteiger partial charge in [0, 0.05) is 12.1 Å². The molecule has 0 aromatic carbocycles. The Morgan fingerprint density at radius 3 is 2.31 bits per heavy atom. The first-order valence-corrected chi connectivity index (χ1v) is 4.38. The van der Waals surface area contributed by atoms with Crippen LogP contribution in [0.3, 0.4) is 0 Å². The first kappa shape index (κ1) is 8.50. The highest BCUT2D eigenvalue weighted by molar-refractivity contribution is 5.89. The van der Waals surface area contributed by atoms with Gasteiger partial charge in [0.05, 0.1) is 11.8 Å². The van der Waals surface area contributed by atoms with E-state index in [1.54, 1.807) is 0 Å². The average molecular weight is 184 g/mol. The van der Waals surface area contributed by atoms with Gasteiger partial charge in [0.25, 0.3) is 0 Å². The van der Waals surface area contributed by atoms with Crippen molar-refractivity contribution in [2.45, 2.75) is 24.9 Å². The minimum atomic E-state index is -0.875. The van der Waals surface area contributed by atoms with Crippen molar-refractivity contribution in [1.29, 1.82) is 0 Å². The number of nitrogens with one attached hydrogen (secondary N) is 1. The normalized spacial score (nSPS) is 41.0. The van der Waals surface area contributed by atoms with Gasteiger partial charge >= 0.3 is 5.97 Å². The van der Waals surface area contributed by atoms with E-state index in [2.05, 4.69) is 5.32 Å². The maximum absolute atomic E-state index is 11.3. The fourth-order valence-corrected chi connectivity index (χ4v) is 1.43. The molecule has 1 amide bonds. The van der Waals surface area contributed by atoms with Gasteiger partial charge in [-0.2, -0.15) is 0 Å². The summed E-state index contributed by atoms with van der Waals surface area (Å²) in [5.41, 5.74) is 5.50. The summed E-state index contributed by atoms with van der Waals surface area (Å²) in [6.45, 7) is 0. The number of amides is 1. The Hall–Kier alpha value is -1.10. The summed E-state index contributed by atoms with van der Waals surface area (Å²) < 4.78 is 0. The molecular formula is C8H12N2O3. The summed E-state index contributed by atoms with van der Waals surface area (Å²) in [5.74, 6) is -1.80. The van der Waals surface area contributed by atoms with Crippen LogP contribution in [-0.2, 0) is 9.59 Å². The molecule has 2 rings (SSSR count). The second kappa shape index (κ2) is 2.70. The largest absolute Gasteiger partial charge is 0.481 e. The van der Waals surface area contributed by atoms with Crippen molar-refractivity contribution in [3.8, 4) is 0 Å². The number of aliphatic carboxylic acids is 1. The lowest BCUT2D eigenvalue weighted by Crippen LogP contribution is -2.31. The van der Waals surface area contributed by atoms with E-state index in [9.17, 15) is 9.59 Å². The monoisotopic (exact) mass is 184 g/mol. The third-order valence-electron chi connectivity index (χ3n) is 2.61. The SMILES string of the molecule is NC1CC1NC(=O)C1CC1C(=O)O. The first-order chi connectivity index (χ1) is 6.09. The Morgan fingerprint density at radius 2 is 1.92 bits per heavy atom. The maximum atomic E-state index is 11.3. The van der Waals surface area contributed by atoms with E-state index >= 15 is 0 Å². The van der Waals surface area contributed by atoms with Crippen molar-refractivity contribution >= 4 is 11.9 Å². The number of carbonyl (C=O) groups is 2. The molecule has 72 valence electrons. The number of hydrogen-bond acceptors (Lipinski definition) is 3. The number of carboxylic acids is 1. The number of rotatable bonds is 3. The van der Waals surface area contributed by atoms with Crippen LogP contribution in [0.2, 0.25) is 0 Å². The molecule has 0 saturated heterocycles. The van der Waals surface area contributed by atoms with Crippen molar-refractivity contribution in [2.75, 3.05) is 0 Å². The van der Waals surface area contributed by atoms with E-state index < -0.39 is 11.9 Å². The summed E-state index contributed by atoms with van der Waals surface area (Å²) in [4.78, 5) is 21.7. The van der Waals surface area contributed by atoms with Crippen LogP contribution in [0.5, 0.6) is 0 Å². The molecule has 0 aliphatic heterocycles. The van der Waals surface area contributed by atoms with Crippen LogP contribution in [0, 0.1) is 11.8 Å². The molecule has 0 aromatic heterocycles. The smallest absolute Gasteiger partial charge is 0.307 e. The molecule has 2 saturated carbocycles. The standard InChI is InChI=1S/C8H12N2O3/c9-5-2-6(5)10-7(11)3-1-4(3)8(12)13/h3-6H,1-2,9H2,(H,10,11)(H,12,13). The quantitative estimate of drug-likeness (QED) is 0.520. The zero-order valence-corrected chi connectivity index (χ0v) is 7.06. The minimum absolute atomic E-state index is 0.0750. The molecule has 0 bridgehead atoms. The lowest BCUT2D eigenvalue weighted by Gasteiger charge is -2.00. The van der Waals surface area contributed by atoms with Crippen molar-refractivity contribution in [2.24, 2.45) is 17.6 Å². The molecule has 0 spiro atoms. The van der Waals surface area contributed by atoms with Gasteiger partial charge < -0.3 is 16.2 Å². The maximum Gasteiger partial charge on any atom is 0.307 e. The van der Waals surface area contributed by atoms with E-state index in [1.165, 1.54) is 0 Å². The Balaban J connectivity index is 1.77.